The van der Waals surface area contributed by atoms with E-state index in [1.54, 1.807) is 13.0 Å². The summed E-state index contributed by atoms with van der Waals surface area (Å²) in [5, 5.41) is 30.2. The summed E-state index contributed by atoms with van der Waals surface area (Å²) in [6.07, 6.45) is 1.09. The van der Waals surface area contributed by atoms with Crippen molar-refractivity contribution in [1.82, 2.24) is 20.3 Å². The molecule has 26 heavy (non-hydrogen) atoms. The fourth-order valence-corrected chi connectivity index (χ4v) is 2.27. The molecular weight excluding hydrogens is 342 g/mol. The molecule has 1 aromatic heterocycles. The van der Waals surface area contributed by atoms with E-state index in [1.807, 2.05) is 13.8 Å². The maximum atomic E-state index is 12.4. The summed E-state index contributed by atoms with van der Waals surface area (Å²) in [5.41, 5.74) is -0.715. The molecule has 1 aromatic carbocycles. The molecule has 0 fully saturated rings. The number of rotatable bonds is 7. The highest BCUT2D eigenvalue weighted by molar-refractivity contribution is 5.92. The lowest BCUT2D eigenvalue weighted by Gasteiger charge is -2.33. The first kappa shape index (κ1) is 19.0. The maximum Gasteiger partial charge on any atom is 0.305 e. The number of carboxylic acids is 1. The first-order valence-corrected chi connectivity index (χ1v) is 7.84. The van der Waals surface area contributed by atoms with E-state index in [2.05, 4.69) is 15.6 Å². The van der Waals surface area contributed by atoms with Gasteiger partial charge < -0.3 is 10.4 Å². The number of carboxylic acid groups (broad SMARTS) is 1. The smallest absolute Gasteiger partial charge is 0.305 e. The predicted octanol–water partition coefficient (Wildman–Crippen LogP) is 1.79. The molecule has 2 N–H and O–H groups in total. The van der Waals surface area contributed by atoms with Crippen molar-refractivity contribution in [2.75, 3.05) is 0 Å². The number of carbonyl (C=O) groups is 2. The van der Waals surface area contributed by atoms with Crippen LogP contribution in [0.25, 0.3) is 5.69 Å². The van der Waals surface area contributed by atoms with Gasteiger partial charge in [-0.1, -0.05) is 25.1 Å². The van der Waals surface area contributed by atoms with Gasteiger partial charge in [0.05, 0.1) is 28.8 Å². The molecule has 2 aromatic rings. The van der Waals surface area contributed by atoms with E-state index in [4.69, 9.17) is 5.11 Å². The Morgan fingerprint density at radius 3 is 2.69 bits per heavy atom. The van der Waals surface area contributed by atoms with Crippen molar-refractivity contribution in [1.29, 1.82) is 0 Å². The van der Waals surface area contributed by atoms with E-state index < -0.39 is 22.3 Å². The number of nitrogens with one attached hydrogen (secondary N) is 1. The highest BCUT2D eigenvalue weighted by atomic mass is 16.6. The summed E-state index contributed by atoms with van der Waals surface area (Å²) in [6, 6.07) is 5.73. The molecule has 0 spiro atoms. The van der Waals surface area contributed by atoms with Gasteiger partial charge in [-0.2, -0.15) is 0 Å². The largest absolute Gasteiger partial charge is 0.481 e. The predicted molar refractivity (Wildman–Crippen MR) is 91.0 cm³/mol. The van der Waals surface area contributed by atoms with Gasteiger partial charge in [0.15, 0.2) is 5.69 Å². The Labute approximate surface area is 149 Å². The number of amides is 1. The highest BCUT2D eigenvalue weighted by Crippen LogP contribution is 2.21. The lowest BCUT2D eigenvalue weighted by atomic mass is 9.85. The van der Waals surface area contributed by atoms with Crippen molar-refractivity contribution in [3.8, 4) is 5.69 Å². The number of nitro groups is 1. The van der Waals surface area contributed by atoms with Crippen LogP contribution in [0.3, 0.4) is 0 Å². The fourth-order valence-electron chi connectivity index (χ4n) is 2.27. The Bertz CT molecular complexity index is 847. The normalized spacial score (nSPS) is 13.2. The summed E-state index contributed by atoms with van der Waals surface area (Å²) in [5.74, 6) is -1.73. The van der Waals surface area contributed by atoms with Crippen LogP contribution in [-0.4, -0.2) is 42.4 Å². The van der Waals surface area contributed by atoms with E-state index in [0.29, 0.717) is 5.69 Å². The van der Waals surface area contributed by atoms with E-state index in [1.165, 1.54) is 29.1 Å². The van der Waals surface area contributed by atoms with E-state index >= 15 is 0 Å². The van der Waals surface area contributed by atoms with Crippen molar-refractivity contribution in [2.45, 2.75) is 32.7 Å². The summed E-state index contributed by atoms with van der Waals surface area (Å²) in [4.78, 5) is 33.8. The standard InChI is InChI=1S/C16H19N5O5/c1-10(2)16(3,8-14(22)23)17-15(24)13-9-20(19-18-13)11-5-4-6-12(7-11)21(25)26/h4-7,9-10H,8H2,1-3H3,(H,17,24)(H,22,23). The van der Waals surface area contributed by atoms with Crippen molar-refractivity contribution in [2.24, 2.45) is 5.92 Å². The second-order valence-corrected chi connectivity index (χ2v) is 6.42. The minimum atomic E-state index is -1.03. The zero-order chi connectivity index (χ0) is 19.5. The molecule has 0 aliphatic carbocycles. The number of benzene rings is 1. The van der Waals surface area contributed by atoms with Gasteiger partial charge >= 0.3 is 5.97 Å². The lowest BCUT2D eigenvalue weighted by Crippen LogP contribution is -2.51. The third-order valence-corrected chi connectivity index (χ3v) is 4.22. The first-order valence-electron chi connectivity index (χ1n) is 7.84. The monoisotopic (exact) mass is 361 g/mol. The number of non-ortho nitro benzene ring substituents is 1. The number of nitrogens with zero attached hydrogens (tertiary/aromatic N) is 4. The summed E-state index contributed by atoms with van der Waals surface area (Å²) in [6.45, 7) is 5.26. The van der Waals surface area contributed by atoms with Crippen LogP contribution in [0.1, 0.15) is 37.7 Å². The van der Waals surface area contributed by atoms with Gasteiger partial charge in [0.2, 0.25) is 0 Å². The molecular formula is C16H19N5O5. The van der Waals surface area contributed by atoms with E-state index in [9.17, 15) is 19.7 Å². The summed E-state index contributed by atoms with van der Waals surface area (Å²) in [7, 11) is 0. The second kappa shape index (κ2) is 7.30. The van der Waals surface area contributed by atoms with Gasteiger partial charge in [-0.25, -0.2) is 4.68 Å². The van der Waals surface area contributed by atoms with Crippen molar-refractivity contribution < 1.29 is 19.6 Å². The Morgan fingerprint density at radius 1 is 1.42 bits per heavy atom. The van der Waals surface area contributed by atoms with Crippen LogP contribution >= 0.6 is 0 Å². The third kappa shape index (κ3) is 4.21. The first-order chi connectivity index (χ1) is 12.1. The van der Waals surface area contributed by atoms with Crippen LogP contribution in [0.5, 0.6) is 0 Å². The lowest BCUT2D eigenvalue weighted by molar-refractivity contribution is -0.384. The molecule has 0 bridgehead atoms. The molecule has 1 unspecified atom stereocenters. The van der Waals surface area contributed by atoms with Gasteiger partial charge in [-0.15, -0.1) is 5.10 Å². The average Bonchev–Trinajstić information content (AvgIpc) is 3.04. The number of hydrogen-bond donors (Lipinski definition) is 2. The quantitative estimate of drug-likeness (QED) is 0.566. The fraction of sp³-hybridized carbons (Fsp3) is 0.375. The van der Waals surface area contributed by atoms with Gasteiger partial charge in [0.1, 0.15) is 0 Å². The SMILES string of the molecule is CC(C)C(C)(CC(=O)O)NC(=O)c1cn(-c2cccc([N+](=O)[O-])c2)nn1. The van der Waals surface area contributed by atoms with Crippen LogP contribution < -0.4 is 5.32 Å². The molecule has 138 valence electrons. The Morgan fingerprint density at radius 2 is 2.12 bits per heavy atom. The average molecular weight is 361 g/mol. The minimum Gasteiger partial charge on any atom is -0.481 e. The Hall–Kier alpha value is -3.30. The molecule has 0 saturated heterocycles. The second-order valence-electron chi connectivity index (χ2n) is 6.42. The zero-order valence-electron chi connectivity index (χ0n) is 14.5. The number of aliphatic carboxylic acids is 1. The molecule has 1 amide bonds. The van der Waals surface area contributed by atoms with E-state index in [0.717, 1.165) is 0 Å². The molecule has 1 atom stereocenters. The van der Waals surface area contributed by atoms with Crippen LogP contribution in [0.15, 0.2) is 30.5 Å². The van der Waals surface area contributed by atoms with Crippen LogP contribution in [0, 0.1) is 16.0 Å². The summed E-state index contributed by atoms with van der Waals surface area (Å²) >= 11 is 0. The van der Waals surface area contributed by atoms with Gasteiger partial charge in [-0.3, -0.25) is 19.7 Å². The van der Waals surface area contributed by atoms with Crippen molar-refractivity contribution >= 4 is 17.6 Å². The number of hydrogen-bond acceptors (Lipinski definition) is 6. The third-order valence-electron chi connectivity index (χ3n) is 4.22. The topological polar surface area (TPSA) is 140 Å². The molecule has 10 nitrogen and oxygen atoms in total. The molecule has 2 rings (SSSR count). The van der Waals surface area contributed by atoms with Crippen LogP contribution in [0.2, 0.25) is 0 Å². The molecule has 0 radical (unpaired) electrons. The molecule has 0 aliphatic heterocycles. The maximum absolute atomic E-state index is 12.4. The van der Waals surface area contributed by atoms with Crippen molar-refractivity contribution in [3.05, 3.63) is 46.3 Å². The van der Waals surface area contributed by atoms with E-state index in [-0.39, 0.29) is 23.7 Å². The number of carbonyl (C=O) groups excluding carboxylic acids is 1. The van der Waals surface area contributed by atoms with Crippen LogP contribution in [0.4, 0.5) is 5.69 Å². The van der Waals surface area contributed by atoms with Crippen LogP contribution in [-0.2, 0) is 4.79 Å². The summed E-state index contributed by atoms with van der Waals surface area (Å²) < 4.78 is 1.24. The molecule has 0 aliphatic rings. The molecule has 1 heterocycles. The zero-order valence-corrected chi connectivity index (χ0v) is 14.5. The van der Waals surface area contributed by atoms with Gasteiger partial charge in [0, 0.05) is 12.1 Å². The Balaban J connectivity index is 2.23. The number of aromatic nitrogens is 3. The minimum absolute atomic E-state index is 0.0197. The number of nitro benzene ring substituents is 1. The van der Waals surface area contributed by atoms with Gasteiger partial charge in [0.25, 0.3) is 11.6 Å². The molecule has 0 saturated carbocycles. The van der Waals surface area contributed by atoms with Gasteiger partial charge in [-0.05, 0) is 18.9 Å². The highest BCUT2D eigenvalue weighted by Gasteiger charge is 2.33. The van der Waals surface area contributed by atoms with Crippen molar-refractivity contribution in [3.63, 3.8) is 0 Å². The Kier molecular flexibility index (Phi) is 5.34. The molecule has 10 heteroatoms.